The molecule has 0 aromatic heterocycles. The van der Waals surface area contributed by atoms with Gasteiger partial charge in [0.05, 0.1) is 10.5 Å². The Kier molecular flexibility index (Phi) is 6.48. The first kappa shape index (κ1) is 19.9. The van der Waals surface area contributed by atoms with Crippen LogP contribution < -0.4 is 10.6 Å². The van der Waals surface area contributed by atoms with Gasteiger partial charge in [-0.05, 0) is 49.6 Å². The monoisotopic (exact) mass is 371 g/mol. The highest BCUT2D eigenvalue weighted by Gasteiger charge is 2.12. The Bertz CT molecular complexity index is 862. The van der Waals surface area contributed by atoms with Crippen molar-refractivity contribution in [3.8, 4) is 0 Å². The summed E-state index contributed by atoms with van der Waals surface area (Å²) in [6.07, 6.45) is 0.815. The quantitative estimate of drug-likeness (QED) is 0.369. The zero-order valence-electron chi connectivity index (χ0n) is 15.1. The van der Waals surface area contributed by atoms with E-state index in [0.717, 1.165) is 11.3 Å². The number of aryl methyl sites for hydroxylation is 2. The predicted molar refractivity (Wildman–Crippen MR) is 102 cm³/mol. The summed E-state index contributed by atoms with van der Waals surface area (Å²) < 4.78 is 0. The highest BCUT2D eigenvalue weighted by Crippen LogP contribution is 2.21. The number of carboxylic acids is 1. The van der Waals surface area contributed by atoms with Gasteiger partial charge < -0.3 is 15.7 Å². The van der Waals surface area contributed by atoms with Gasteiger partial charge in [-0.25, -0.2) is 4.79 Å². The third-order valence-corrected chi connectivity index (χ3v) is 4.06. The maximum atomic E-state index is 12.1. The van der Waals surface area contributed by atoms with E-state index in [1.807, 2.05) is 6.92 Å². The van der Waals surface area contributed by atoms with Gasteiger partial charge in [0.2, 0.25) is 5.91 Å². The smallest absolute Gasteiger partial charge is 0.336 e. The minimum atomic E-state index is -1.03. The Morgan fingerprint density at radius 1 is 1.11 bits per heavy atom. The van der Waals surface area contributed by atoms with Crippen molar-refractivity contribution in [1.29, 1.82) is 0 Å². The van der Waals surface area contributed by atoms with Gasteiger partial charge in [-0.3, -0.25) is 14.9 Å². The number of anilines is 2. The maximum Gasteiger partial charge on any atom is 0.336 e. The van der Waals surface area contributed by atoms with Crippen molar-refractivity contribution in [2.75, 3.05) is 17.2 Å². The Hall–Kier alpha value is -3.42. The number of carboxylic acid groups (broad SMARTS) is 1. The van der Waals surface area contributed by atoms with Crippen LogP contribution in [-0.4, -0.2) is 28.5 Å². The lowest BCUT2D eigenvalue weighted by Gasteiger charge is -2.12. The van der Waals surface area contributed by atoms with Crippen LogP contribution in [0.25, 0.3) is 0 Å². The van der Waals surface area contributed by atoms with Gasteiger partial charge in [0.15, 0.2) is 0 Å². The van der Waals surface area contributed by atoms with Crippen LogP contribution in [0.1, 0.15) is 34.3 Å². The van der Waals surface area contributed by atoms with Crippen LogP contribution in [0.2, 0.25) is 0 Å². The highest BCUT2D eigenvalue weighted by atomic mass is 16.6. The molecule has 0 unspecified atom stereocenters. The van der Waals surface area contributed by atoms with E-state index in [9.17, 15) is 24.8 Å². The maximum absolute atomic E-state index is 12.1. The molecule has 0 saturated carbocycles. The molecule has 2 rings (SSSR count). The van der Waals surface area contributed by atoms with E-state index >= 15 is 0 Å². The largest absolute Gasteiger partial charge is 0.478 e. The van der Waals surface area contributed by atoms with Crippen LogP contribution in [0.4, 0.5) is 17.1 Å². The third-order valence-electron chi connectivity index (χ3n) is 4.06. The van der Waals surface area contributed by atoms with Crippen LogP contribution in [0.5, 0.6) is 0 Å². The molecular weight excluding hydrogens is 350 g/mol. The van der Waals surface area contributed by atoms with Crippen molar-refractivity contribution in [3.05, 3.63) is 63.2 Å². The molecule has 0 bridgehead atoms. The number of nitrogens with one attached hydrogen (secondary N) is 2. The first-order valence-corrected chi connectivity index (χ1v) is 8.40. The molecule has 0 aliphatic carbocycles. The normalized spacial score (nSPS) is 10.3. The number of carbonyl (C=O) groups is 2. The first-order valence-electron chi connectivity index (χ1n) is 8.40. The zero-order valence-corrected chi connectivity index (χ0v) is 15.1. The number of hydrogen-bond donors (Lipinski definition) is 3. The highest BCUT2D eigenvalue weighted by molar-refractivity contribution is 5.95. The molecule has 2 aromatic carbocycles. The number of nitro benzene ring substituents is 1. The average molecular weight is 371 g/mol. The first-order chi connectivity index (χ1) is 12.8. The minimum Gasteiger partial charge on any atom is -0.478 e. The molecule has 0 spiro atoms. The average Bonchev–Trinajstić information content (AvgIpc) is 2.61. The van der Waals surface area contributed by atoms with E-state index < -0.39 is 10.9 Å². The fourth-order valence-corrected chi connectivity index (χ4v) is 2.61. The van der Waals surface area contributed by atoms with Crippen LogP contribution >= 0.6 is 0 Å². The molecule has 142 valence electrons. The van der Waals surface area contributed by atoms with E-state index in [2.05, 4.69) is 10.6 Å². The molecule has 0 aliphatic rings. The van der Waals surface area contributed by atoms with Gasteiger partial charge in [-0.1, -0.05) is 6.07 Å². The summed E-state index contributed by atoms with van der Waals surface area (Å²) >= 11 is 0. The Balaban J connectivity index is 1.83. The lowest BCUT2D eigenvalue weighted by molar-refractivity contribution is -0.384. The molecule has 0 saturated heterocycles. The number of benzene rings is 2. The fourth-order valence-electron chi connectivity index (χ4n) is 2.61. The fraction of sp³-hybridized carbons (Fsp3) is 0.263. The van der Waals surface area contributed by atoms with Gasteiger partial charge in [0, 0.05) is 36.5 Å². The van der Waals surface area contributed by atoms with Gasteiger partial charge in [0.1, 0.15) is 0 Å². The number of nitro groups is 1. The summed E-state index contributed by atoms with van der Waals surface area (Å²) in [4.78, 5) is 33.5. The zero-order chi connectivity index (χ0) is 20.0. The number of rotatable bonds is 8. The Labute approximate surface area is 156 Å². The van der Waals surface area contributed by atoms with Gasteiger partial charge in [-0.2, -0.15) is 0 Å². The van der Waals surface area contributed by atoms with Crippen LogP contribution in [0, 0.1) is 24.0 Å². The second-order valence-corrected chi connectivity index (χ2v) is 6.17. The lowest BCUT2D eigenvalue weighted by atomic mass is 10.0. The molecule has 27 heavy (non-hydrogen) atoms. The standard InChI is InChI=1S/C19H21N3O5/c1-12-10-13(2)17(11-16(12)19(24)25)21-18(23)4-3-9-20-14-5-7-15(8-6-14)22(26)27/h5-8,10-11,20H,3-4,9H2,1-2H3,(H,21,23)(H,24,25). The van der Waals surface area contributed by atoms with Crippen molar-refractivity contribution in [3.63, 3.8) is 0 Å². The summed E-state index contributed by atoms with van der Waals surface area (Å²) in [5, 5.41) is 25.6. The molecule has 8 nitrogen and oxygen atoms in total. The van der Waals surface area contributed by atoms with Crippen LogP contribution in [-0.2, 0) is 4.79 Å². The van der Waals surface area contributed by atoms with Gasteiger partial charge in [0.25, 0.3) is 5.69 Å². The van der Waals surface area contributed by atoms with Gasteiger partial charge in [-0.15, -0.1) is 0 Å². The molecule has 0 atom stereocenters. The molecule has 8 heteroatoms. The molecule has 0 fully saturated rings. The van der Waals surface area contributed by atoms with E-state index in [0.29, 0.717) is 24.2 Å². The summed E-state index contributed by atoms with van der Waals surface area (Å²) in [5.41, 5.74) is 2.86. The van der Waals surface area contributed by atoms with E-state index in [1.54, 1.807) is 25.1 Å². The molecule has 2 aromatic rings. The van der Waals surface area contributed by atoms with Crippen molar-refractivity contribution >= 4 is 28.9 Å². The van der Waals surface area contributed by atoms with E-state index in [-0.39, 0.29) is 23.6 Å². The Morgan fingerprint density at radius 2 is 1.78 bits per heavy atom. The molecule has 0 radical (unpaired) electrons. The second-order valence-electron chi connectivity index (χ2n) is 6.17. The second kappa shape index (κ2) is 8.79. The summed E-state index contributed by atoms with van der Waals surface area (Å²) in [5.74, 6) is -1.24. The number of nitrogens with zero attached hydrogens (tertiary/aromatic N) is 1. The number of amides is 1. The minimum absolute atomic E-state index is 0.0223. The molecule has 0 aliphatic heterocycles. The van der Waals surface area contributed by atoms with Crippen molar-refractivity contribution in [2.24, 2.45) is 0 Å². The number of aromatic carboxylic acids is 1. The van der Waals surface area contributed by atoms with E-state index in [1.165, 1.54) is 18.2 Å². The van der Waals surface area contributed by atoms with Gasteiger partial charge >= 0.3 is 5.97 Å². The summed E-state index contributed by atoms with van der Waals surface area (Å²) in [6, 6.07) is 9.25. The van der Waals surface area contributed by atoms with Crippen LogP contribution in [0.15, 0.2) is 36.4 Å². The topological polar surface area (TPSA) is 122 Å². The molecular formula is C19H21N3O5. The Morgan fingerprint density at radius 3 is 2.37 bits per heavy atom. The van der Waals surface area contributed by atoms with E-state index in [4.69, 9.17) is 0 Å². The van der Waals surface area contributed by atoms with Crippen molar-refractivity contribution in [1.82, 2.24) is 0 Å². The third kappa shape index (κ3) is 5.53. The number of non-ortho nitro benzene ring substituents is 1. The molecule has 1 amide bonds. The summed E-state index contributed by atoms with van der Waals surface area (Å²) in [6.45, 7) is 4.05. The van der Waals surface area contributed by atoms with Crippen molar-refractivity contribution in [2.45, 2.75) is 26.7 Å². The van der Waals surface area contributed by atoms with Crippen molar-refractivity contribution < 1.29 is 19.6 Å². The number of hydrogen-bond acceptors (Lipinski definition) is 5. The predicted octanol–water partition coefficient (Wildman–Crippen LogP) is 3.74. The summed E-state index contributed by atoms with van der Waals surface area (Å²) in [7, 11) is 0. The molecule has 0 heterocycles. The van der Waals surface area contributed by atoms with Crippen LogP contribution in [0.3, 0.4) is 0 Å². The molecule has 3 N–H and O–H groups in total. The number of carbonyl (C=O) groups excluding carboxylic acids is 1. The lowest BCUT2D eigenvalue weighted by Crippen LogP contribution is -2.15. The SMILES string of the molecule is Cc1cc(C)c(C(=O)O)cc1NC(=O)CCCNc1ccc([N+](=O)[O-])cc1.